The van der Waals surface area contributed by atoms with Gasteiger partial charge < -0.3 is 14.4 Å². The number of nitrogens with zero attached hydrogens (tertiary/aromatic N) is 4. The summed E-state index contributed by atoms with van der Waals surface area (Å²) in [5.74, 6) is 1.10. The molecule has 1 saturated heterocycles. The van der Waals surface area contributed by atoms with Crippen molar-refractivity contribution in [2.24, 2.45) is 0 Å². The van der Waals surface area contributed by atoms with E-state index in [4.69, 9.17) is 4.52 Å². The minimum atomic E-state index is 0.0168. The van der Waals surface area contributed by atoms with Gasteiger partial charge in [-0.15, -0.1) is 0 Å². The van der Waals surface area contributed by atoms with Crippen LogP contribution in [0, 0.1) is 0 Å². The Morgan fingerprint density at radius 1 is 1.15 bits per heavy atom. The van der Waals surface area contributed by atoms with Crippen molar-refractivity contribution >= 4 is 16.8 Å². The van der Waals surface area contributed by atoms with Crippen molar-refractivity contribution in [3.63, 3.8) is 0 Å². The number of carbonyl (C=O) groups excluding carboxylic acids is 1. The summed E-state index contributed by atoms with van der Waals surface area (Å²) in [6.07, 6.45) is 3.46. The number of nitrogens with one attached hydrogen (secondary N) is 1. The number of hydrogen-bond acceptors (Lipinski definition) is 5. The Kier molecular flexibility index (Phi) is 3.31. The van der Waals surface area contributed by atoms with Crippen molar-refractivity contribution in [3.8, 4) is 11.5 Å². The normalized spacial score (nSPS) is 14.5. The van der Waals surface area contributed by atoms with Gasteiger partial charge in [-0.3, -0.25) is 9.78 Å². The molecular formula is C19H15N5O2. The second kappa shape index (κ2) is 5.80. The monoisotopic (exact) mass is 345 g/mol. The van der Waals surface area contributed by atoms with Gasteiger partial charge in [0.2, 0.25) is 11.7 Å². The molecular weight excluding hydrogens is 330 g/mol. The van der Waals surface area contributed by atoms with Crippen LogP contribution >= 0.6 is 0 Å². The highest BCUT2D eigenvalue weighted by atomic mass is 16.5. The maximum Gasteiger partial charge on any atom is 0.256 e. The van der Waals surface area contributed by atoms with Crippen LogP contribution in [0.1, 0.15) is 22.2 Å². The molecule has 0 spiro atoms. The van der Waals surface area contributed by atoms with E-state index in [0.717, 1.165) is 10.9 Å². The number of aromatic amines is 1. The van der Waals surface area contributed by atoms with Crippen LogP contribution in [0.4, 0.5) is 0 Å². The molecule has 4 aromatic rings. The van der Waals surface area contributed by atoms with Gasteiger partial charge in [0.15, 0.2) is 0 Å². The van der Waals surface area contributed by atoms with E-state index < -0.39 is 0 Å². The molecule has 3 aromatic heterocycles. The molecule has 1 aliphatic rings. The minimum absolute atomic E-state index is 0.0168. The number of aromatic nitrogens is 4. The smallest absolute Gasteiger partial charge is 0.256 e. The zero-order valence-electron chi connectivity index (χ0n) is 13.8. The average Bonchev–Trinajstić information content (AvgIpc) is 3.28. The van der Waals surface area contributed by atoms with Crippen molar-refractivity contribution in [2.75, 3.05) is 13.1 Å². The highest BCUT2D eigenvalue weighted by Gasteiger charge is 2.36. The molecule has 1 fully saturated rings. The maximum absolute atomic E-state index is 12.7. The average molecular weight is 345 g/mol. The Balaban J connectivity index is 1.30. The lowest BCUT2D eigenvalue weighted by Crippen LogP contribution is -2.48. The quantitative estimate of drug-likeness (QED) is 0.617. The van der Waals surface area contributed by atoms with Crippen LogP contribution in [0.2, 0.25) is 0 Å². The summed E-state index contributed by atoms with van der Waals surface area (Å²) < 4.78 is 5.37. The van der Waals surface area contributed by atoms with Crippen molar-refractivity contribution in [2.45, 2.75) is 5.92 Å². The van der Waals surface area contributed by atoms with Gasteiger partial charge in [0.1, 0.15) is 5.69 Å². The zero-order chi connectivity index (χ0) is 17.5. The highest BCUT2D eigenvalue weighted by Crippen LogP contribution is 2.30. The molecule has 0 aliphatic carbocycles. The van der Waals surface area contributed by atoms with E-state index in [-0.39, 0.29) is 11.8 Å². The summed E-state index contributed by atoms with van der Waals surface area (Å²) in [6.45, 7) is 1.14. The highest BCUT2D eigenvalue weighted by molar-refractivity contribution is 6.07. The molecule has 5 rings (SSSR count). The molecule has 1 N–H and O–H groups in total. The summed E-state index contributed by atoms with van der Waals surface area (Å²) in [5, 5.41) is 4.93. The molecule has 0 bridgehead atoms. The predicted octanol–water partition coefficient (Wildman–Crippen LogP) is 2.85. The topological polar surface area (TPSA) is 87.9 Å². The summed E-state index contributed by atoms with van der Waals surface area (Å²) in [6, 6.07) is 13.3. The number of para-hydroxylation sites is 1. The van der Waals surface area contributed by atoms with Gasteiger partial charge in [0.05, 0.1) is 11.5 Å². The lowest BCUT2D eigenvalue weighted by molar-refractivity contribution is 0.0571. The first kappa shape index (κ1) is 14.8. The Bertz CT molecular complexity index is 1080. The number of hydrogen-bond donors (Lipinski definition) is 1. The third kappa shape index (κ3) is 2.36. The molecule has 1 aromatic carbocycles. The zero-order valence-corrected chi connectivity index (χ0v) is 13.8. The molecule has 7 heteroatoms. The SMILES string of the molecule is O=C(c1c[nH]c2ccccc12)N1CC(c2nc(-c3ccccn3)no2)C1. The molecule has 0 atom stereocenters. The third-order valence-electron chi connectivity index (χ3n) is 4.67. The standard InChI is InChI=1S/C19H15N5O2/c25-19(14-9-21-15-6-2-1-5-13(14)15)24-10-12(11-24)18-22-17(23-26-18)16-7-3-4-8-20-16/h1-9,12,21H,10-11H2. The fraction of sp³-hybridized carbons (Fsp3) is 0.158. The number of carbonyl (C=O) groups is 1. The van der Waals surface area contributed by atoms with Gasteiger partial charge in [-0.1, -0.05) is 29.4 Å². The van der Waals surface area contributed by atoms with Gasteiger partial charge in [0, 0.05) is 36.4 Å². The molecule has 0 radical (unpaired) electrons. The van der Waals surface area contributed by atoms with Crippen LogP contribution in [0.25, 0.3) is 22.4 Å². The molecule has 26 heavy (non-hydrogen) atoms. The van der Waals surface area contributed by atoms with Crippen LogP contribution in [-0.4, -0.2) is 44.0 Å². The number of fused-ring (bicyclic) bond motifs is 1. The number of likely N-dealkylation sites (tertiary alicyclic amines) is 1. The molecule has 0 unspecified atom stereocenters. The molecule has 1 aliphatic heterocycles. The Hall–Kier alpha value is -3.48. The number of amides is 1. The van der Waals surface area contributed by atoms with Gasteiger partial charge in [-0.2, -0.15) is 4.98 Å². The van der Waals surface area contributed by atoms with Gasteiger partial charge in [-0.05, 0) is 18.2 Å². The number of rotatable bonds is 3. The van der Waals surface area contributed by atoms with Gasteiger partial charge in [-0.25, -0.2) is 0 Å². The minimum Gasteiger partial charge on any atom is -0.360 e. The van der Waals surface area contributed by atoms with Gasteiger partial charge >= 0.3 is 0 Å². The van der Waals surface area contributed by atoms with Crippen molar-refractivity contribution in [3.05, 3.63) is 66.3 Å². The van der Waals surface area contributed by atoms with E-state index in [1.165, 1.54) is 0 Å². The predicted molar refractivity (Wildman–Crippen MR) is 94.5 cm³/mol. The van der Waals surface area contributed by atoms with E-state index >= 15 is 0 Å². The van der Waals surface area contributed by atoms with Crippen LogP contribution in [0.5, 0.6) is 0 Å². The first-order valence-electron chi connectivity index (χ1n) is 8.40. The Labute approximate surface area is 148 Å². The third-order valence-corrected chi connectivity index (χ3v) is 4.67. The first-order chi connectivity index (χ1) is 12.8. The van der Waals surface area contributed by atoms with Crippen LogP contribution in [-0.2, 0) is 0 Å². The fourth-order valence-corrected chi connectivity index (χ4v) is 3.22. The van der Waals surface area contributed by atoms with Crippen LogP contribution in [0.3, 0.4) is 0 Å². The van der Waals surface area contributed by atoms with Crippen molar-refractivity contribution in [1.29, 1.82) is 0 Å². The Morgan fingerprint density at radius 2 is 2.00 bits per heavy atom. The number of pyridine rings is 1. The van der Waals surface area contributed by atoms with E-state index in [1.807, 2.05) is 42.5 Å². The van der Waals surface area contributed by atoms with E-state index in [9.17, 15) is 4.79 Å². The summed E-state index contributed by atoms with van der Waals surface area (Å²) in [5.41, 5.74) is 2.33. The van der Waals surface area contributed by atoms with Crippen LogP contribution in [0.15, 0.2) is 59.4 Å². The molecule has 128 valence electrons. The second-order valence-electron chi connectivity index (χ2n) is 6.33. The van der Waals surface area contributed by atoms with E-state index in [0.29, 0.717) is 36.1 Å². The van der Waals surface area contributed by atoms with Crippen LogP contribution < -0.4 is 0 Å². The summed E-state index contributed by atoms with van der Waals surface area (Å²) in [4.78, 5) is 26.3. The van der Waals surface area contributed by atoms with Crippen molar-refractivity contribution < 1.29 is 9.32 Å². The van der Waals surface area contributed by atoms with Gasteiger partial charge in [0.25, 0.3) is 5.91 Å². The Morgan fingerprint density at radius 3 is 2.85 bits per heavy atom. The van der Waals surface area contributed by atoms with E-state index in [1.54, 1.807) is 17.3 Å². The van der Waals surface area contributed by atoms with E-state index in [2.05, 4.69) is 20.1 Å². The number of benzene rings is 1. The fourth-order valence-electron chi connectivity index (χ4n) is 3.22. The lowest BCUT2D eigenvalue weighted by atomic mass is 9.98. The maximum atomic E-state index is 12.7. The van der Waals surface area contributed by atoms with Crippen molar-refractivity contribution in [1.82, 2.24) is 25.0 Å². The molecule has 1 amide bonds. The summed E-state index contributed by atoms with van der Waals surface area (Å²) in [7, 11) is 0. The largest absolute Gasteiger partial charge is 0.360 e. The first-order valence-corrected chi connectivity index (χ1v) is 8.40. The number of H-pyrrole nitrogens is 1. The lowest BCUT2D eigenvalue weighted by Gasteiger charge is -2.36. The molecule has 7 nitrogen and oxygen atoms in total. The second-order valence-corrected chi connectivity index (χ2v) is 6.33. The molecule has 4 heterocycles. The molecule has 0 saturated carbocycles. The summed E-state index contributed by atoms with van der Waals surface area (Å²) >= 11 is 0.